The fourth-order valence-electron chi connectivity index (χ4n) is 2.99. The van der Waals surface area contributed by atoms with E-state index in [0.29, 0.717) is 0 Å². The molecular weight excluding hydrogens is 274 g/mol. The van der Waals surface area contributed by atoms with Crippen LogP contribution in [-0.4, -0.2) is 28.1 Å². The highest BCUT2D eigenvalue weighted by Gasteiger charge is 2.17. The minimum absolute atomic E-state index is 0.783. The lowest BCUT2D eigenvalue weighted by atomic mass is 10.2. The topological polar surface area (TPSA) is 60.0 Å². The number of nitrogens with two attached hydrogens (primary N) is 1. The fourth-order valence-corrected chi connectivity index (χ4v) is 2.99. The molecule has 2 aromatic carbocycles. The van der Waals surface area contributed by atoms with Gasteiger partial charge in [0, 0.05) is 13.1 Å². The van der Waals surface area contributed by atoms with Crippen molar-refractivity contribution in [2.24, 2.45) is 0 Å². The third kappa shape index (κ3) is 2.19. The zero-order valence-corrected chi connectivity index (χ0v) is 12.7. The van der Waals surface area contributed by atoms with E-state index in [1.165, 1.54) is 18.4 Å². The molecule has 1 aliphatic heterocycles. The zero-order valence-electron chi connectivity index (χ0n) is 12.7. The first-order valence-corrected chi connectivity index (χ1v) is 7.69. The maximum absolute atomic E-state index is 6.22. The summed E-state index contributed by atoms with van der Waals surface area (Å²) in [7, 11) is 0. The molecule has 0 aliphatic carbocycles. The minimum Gasteiger partial charge on any atom is -0.397 e. The van der Waals surface area contributed by atoms with Crippen molar-refractivity contribution in [1.29, 1.82) is 0 Å². The highest BCUT2D eigenvalue weighted by Crippen LogP contribution is 2.30. The predicted molar refractivity (Wildman–Crippen MR) is 89.5 cm³/mol. The van der Waals surface area contributed by atoms with Crippen LogP contribution in [0.2, 0.25) is 0 Å². The van der Waals surface area contributed by atoms with Gasteiger partial charge in [0.15, 0.2) is 0 Å². The van der Waals surface area contributed by atoms with Crippen LogP contribution in [0.3, 0.4) is 0 Å². The van der Waals surface area contributed by atoms with Crippen LogP contribution in [0, 0.1) is 6.92 Å². The molecule has 112 valence electrons. The van der Waals surface area contributed by atoms with E-state index in [1.807, 2.05) is 18.2 Å². The predicted octanol–water partition coefficient (Wildman–Crippen LogP) is 2.91. The number of aromatic nitrogens is 3. The Hall–Kier alpha value is -2.56. The van der Waals surface area contributed by atoms with Gasteiger partial charge in [0.05, 0.1) is 17.1 Å². The Morgan fingerprint density at radius 1 is 0.955 bits per heavy atom. The van der Waals surface area contributed by atoms with Crippen molar-refractivity contribution in [3.8, 4) is 5.69 Å². The summed E-state index contributed by atoms with van der Waals surface area (Å²) in [5.41, 5.74) is 12.0. The normalized spacial score (nSPS) is 14.9. The maximum Gasteiger partial charge on any atom is 0.115 e. The second-order valence-electron chi connectivity index (χ2n) is 5.92. The van der Waals surface area contributed by atoms with Gasteiger partial charge in [-0.15, -0.1) is 10.2 Å². The van der Waals surface area contributed by atoms with Gasteiger partial charge in [-0.25, -0.2) is 0 Å². The summed E-state index contributed by atoms with van der Waals surface area (Å²) >= 11 is 0. The van der Waals surface area contributed by atoms with Crippen LogP contribution < -0.4 is 10.6 Å². The van der Waals surface area contributed by atoms with Gasteiger partial charge >= 0.3 is 0 Å². The van der Waals surface area contributed by atoms with E-state index < -0.39 is 0 Å². The average Bonchev–Trinajstić information content (AvgIpc) is 3.15. The highest BCUT2D eigenvalue weighted by atomic mass is 15.5. The van der Waals surface area contributed by atoms with Crippen LogP contribution in [-0.2, 0) is 0 Å². The van der Waals surface area contributed by atoms with Crippen LogP contribution in [0.25, 0.3) is 16.7 Å². The summed E-state index contributed by atoms with van der Waals surface area (Å²) < 4.78 is 0. The quantitative estimate of drug-likeness (QED) is 0.738. The number of nitrogen functional groups attached to an aromatic ring is 1. The summed E-state index contributed by atoms with van der Waals surface area (Å²) in [6, 6.07) is 12.2. The van der Waals surface area contributed by atoms with E-state index in [0.717, 1.165) is 41.2 Å². The number of rotatable bonds is 2. The number of fused-ring (bicyclic) bond motifs is 1. The van der Waals surface area contributed by atoms with Gasteiger partial charge in [-0.05, 0) is 44.0 Å². The molecule has 0 bridgehead atoms. The number of benzene rings is 2. The van der Waals surface area contributed by atoms with Gasteiger partial charge in [-0.3, -0.25) is 0 Å². The fraction of sp³-hybridized carbons (Fsp3) is 0.294. The maximum atomic E-state index is 6.22. The van der Waals surface area contributed by atoms with E-state index in [4.69, 9.17) is 5.73 Å². The Labute approximate surface area is 129 Å². The number of aryl methyl sites for hydroxylation is 1. The molecule has 1 aromatic heterocycles. The first kappa shape index (κ1) is 13.1. The van der Waals surface area contributed by atoms with Crippen LogP contribution >= 0.6 is 0 Å². The number of nitrogens with zero attached hydrogens (tertiary/aromatic N) is 4. The van der Waals surface area contributed by atoms with Crippen LogP contribution in [0.4, 0.5) is 11.4 Å². The van der Waals surface area contributed by atoms with Gasteiger partial charge in [0.25, 0.3) is 0 Å². The molecule has 1 aliphatic rings. The SMILES string of the molecule is Cc1ccc(-n2nc3cc(N)c(N4CCCC4)cc3n2)cc1. The third-order valence-corrected chi connectivity index (χ3v) is 4.24. The second-order valence-corrected chi connectivity index (χ2v) is 5.92. The van der Waals surface area contributed by atoms with E-state index in [2.05, 4.69) is 40.2 Å². The molecule has 1 saturated heterocycles. The van der Waals surface area contributed by atoms with Crippen molar-refractivity contribution in [2.75, 3.05) is 23.7 Å². The van der Waals surface area contributed by atoms with Gasteiger partial charge in [-0.1, -0.05) is 17.7 Å². The molecule has 5 heteroatoms. The Balaban J connectivity index is 1.78. The smallest absolute Gasteiger partial charge is 0.115 e. The van der Waals surface area contributed by atoms with Crippen molar-refractivity contribution >= 4 is 22.4 Å². The van der Waals surface area contributed by atoms with Crippen LogP contribution in [0.5, 0.6) is 0 Å². The molecule has 1 fully saturated rings. The summed E-state index contributed by atoms with van der Waals surface area (Å²) in [6.07, 6.45) is 2.46. The lowest BCUT2D eigenvalue weighted by Gasteiger charge is -2.19. The first-order chi connectivity index (χ1) is 10.7. The van der Waals surface area contributed by atoms with Gasteiger partial charge < -0.3 is 10.6 Å². The van der Waals surface area contributed by atoms with E-state index >= 15 is 0 Å². The second kappa shape index (κ2) is 5.02. The highest BCUT2D eigenvalue weighted by molar-refractivity contribution is 5.86. The number of hydrogen-bond acceptors (Lipinski definition) is 4. The Kier molecular flexibility index (Phi) is 2.99. The lowest BCUT2D eigenvalue weighted by molar-refractivity contribution is 0.765. The molecule has 0 radical (unpaired) electrons. The Bertz CT molecular complexity index is 813. The van der Waals surface area contributed by atoms with Crippen molar-refractivity contribution in [1.82, 2.24) is 15.0 Å². The van der Waals surface area contributed by atoms with Crippen molar-refractivity contribution < 1.29 is 0 Å². The zero-order chi connectivity index (χ0) is 15.1. The molecule has 0 atom stereocenters. The lowest BCUT2D eigenvalue weighted by Crippen LogP contribution is -2.18. The molecule has 22 heavy (non-hydrogen) atoms. The molecule has 0 spiro atoms. The van der Waals surface area contributed by atoms with Gasteiger partial charge in [0.1, 0.15) is 11.0 Å². The summed E-state index contributed by atoms with van der Waals surface area (Å²) in [4.78, 5) is 4.01. The molecule has 3 aromatic rings. The number of hydrogen-bond donors (Lipinski definition) is 1. The van der Waals surface area contributed by atoms with Crippen molar-refractivity contribution in [3.63, 3.8) is 0 Å². The summed E-state index contributed by atoms with van der Waals surface area (Å²) in [5, 5.41) is 9.16. The summed E-state index contributed by atoms with van der Waals surface area (Å²) in [6.45, 7) is 4.21. The average molecular weight is 293 g/mol. The van der Waals surface area contributed by atoms with E-state index in [1.54, 1.807) is 4.80 Å². The molecule has 4 rings (SSSR count). The van der Waals surface area contributed by atoms with Gasteiger partial charge in [0.2, 0.25) is 0 Å². The van der Waals surface area contributed by atoms with Crippen LogP contribution in [0.1, 0.15) is 18.4 Å². The van der Waals surface area contributed by atoms with Crippen molar-refractivity contribution in [2.45, 2.75) is 19.8 Å². The summed E-state index contributed by atoms with van der Waals surface area (Å²) in [5.74, 6) is 0. The molecule has 0 unspecified atom stereocenters. The van der Waals surface area contributed by atoms with Gasteiger partial charge in [-0.2, -0.15) is 4.80 Å². The monoisotopic (exact) mass is 293 g/mol. The number of anilines is 2. The molecular formula is C17H19N5. The molecule has 0 amide bonds. The molecule has 2 heterocycles. The largest absolute Gasteiger partial charge is 0.397 e. The Morgan fingerprint density at radius 2 is 1.59 bits per heavy atom. The molecule has 2 N–H and O–H groups in total. The van der Waals surface area contributed by atoms with E-state index in [-0.39, 0.29) is 0 Å². The van der Waals surface area contributed by atoms with Crippen molar-refractivity contribution in [3.05, 3.63) is 42.0 Å². The van der Waals surface area contributed by atoms with Crippen LogP contribution in [0.15, 0.2) is 36.4 Å². The Morgan fingerprint density at radius 3 is 2.27 bits per heavy atom. The first-order valence-electron chi connectivity index (χ1n) is 7.69. The molecule has 0 saturated carbocycles. The third-order valence-electron chi connectivity index (χ3n) is 4.24. The standard InChI is InChI=1S/C17H19N5/c1-12-4-6-13(7-5-12)22-19-15-10-14(18)17(11-16(15)20-22)21-8-2-3-9-21/h4-7,10-11H,2-3,8-9,18H2,1H3. The minimum atomic E-state index is 0.783. The molecule has 5 nitrogen and oxygen atoms in total. The van der Waals surface area contributed by atoms with E-state index in [9.17, 15) is 0 Å².